The van der Waals surface area contributed by atoms with E-state index in [9.17, 15) is 4.79 Å². The SMILES string of the molecule is NC1c2ccccc2CCc2cc(OCC(=O)NCC3CCCCCCCCC3)ccc21. The van der Waals surface area contributed by atoms with Crippen LogP contribution < -0.4 is 15.8 Å². The van der Waals surface area contributed by atoms with Crippen molar-refractivity contribution in [1.82, 2.24) is 5.32 Å². The van der Waals surface area contributed by atoms with Crippen LogP contribution in [0.3, 0.4) is 0 Å². The molecule has 32 heavy (non-hydrogen) atoms. The van der Waals surface area contributed by atoms with Gasteiger partial charge in [0.1, 0.15) is 5.75 Å². The molecule has 1 saturated carbocycles. The van der Waals surface area contributed by atoms with Gasteiger partial charge < -0.3 is 15.8 Å². The summed E-state index contributed by atoms with van der Waals surface area (Å²) in [4.78, 5) is 12.4. The quantitative estimate of drug-likeness (QED) is 0.656. The Labute approximate surface area is 192 Å². The van der Waals surface area contributed by atoms with E-state index in [-0.39, 0.29) is 18.6 Å². The molecule has 172 valence electrons. The van der Waals surface area contributed by atoms with Crippen LogP contribution in [0.4, 0.5) is 0 Å². The van der Waals surface area contributed by atoms with Crippen LogP contribution in [-0.4, -0.2) is 19.1 Å². The summed E-state index contributed by atoms with van der Waals surface area (Å²) in [6.07, 6.45) is 13.7. The molecule has 3 N–H and O–H groups in total. The summed E-state index contributed by atoms with van der Waals surface area (Å²) in [6.45, 7) is 0.845. The minimum atomic E-state index is -0.113. The summed E-state index contributed by atoms with van der Waals surface area (Å²) in [6, 6.07) is 14.4. The monoisotopic (exact) mass is 434 g/mol. The molecule has 0 radical (unpaired) electrons. The molecule has 1 fully saturated rings. The summed E-state index contributed by atoms with van der Waals surface area (Å²) in [5.74, 6) is 1.32. The van der Waals surface area contributed by atoms with Gasteiger partial charge in [-0.05, 0) is 66.0 Å². The fraction of sp³-hybridized carbons (Fsp3) is 0.536. The number of aryl methyl sites for hydroxylation is 2. The number of nitrogens with two attached hydrogens (primary N) is 1. The van der Waals surface area contributed by atoms with E-state index in [2.05, 4.69) is 41.7 Å². The van der Waals surface area contributed by atoms with Crippen LogP contribution in [0.1, 0.15) is 86.1 Å². The molecule has 1 amide bonds. The third-order valence-electron chi connectivity index (χ3n) is 7.19. The number of carbonyl (C=O) groups excluding carboxylic acids is 1. The first-order chi connectivity index (χ1) is 15.7. The topological polar surface area (TPSA) is 64.3 Å². The Balaban J connectivity index is 1.28. The highest BCUT2D eigenvalue weighted by atomic mass is 16.5. The number of fused-ring (bicyclic) bond motifs is 2. The minimum Gasteiger partial charge on any atom is -0.484 e. The molecular formula is C28H38N2O2. The van der Waals surface area contributed by atoms with E-state index in [1.807, 2.05) is 6.07 Å². The van der Waals surface area contributed by atoms with E-state index in [0.29, 0.717) is 5.92 Å². The molecule has 0 heterocycles. The Hall–Kier alpha value is -2.33. The van der Waals surface area contributed by atoms with Crippen molar-refractivity contribution in [1.29, 1.82) is 0 Å². The van der Waals surface area contributed by atoms with E-state index < -0.39 is 0 Å². The first-order valence-electron chi connectivity index (χ1n) is 12.6. The lowest BCUT2D eigenvalue weighted by Crippen LogP contribution is -2.33. The first-order valence-corrected chi connectivity index (χ1v) is 12.6. The molecule has 2 aromatic carbocycles. The Kier molecular flexibility index (Phi) is 8.22. The fourth-order valence-corrected chi connectivity index (χ4v) is 5.25. The first kappa shape index (κ1) is 22.8. The normalized spacial score (nSPS) is 19.8. The molecule has 0 aliphatic heterocycles. The van der Waals surface area contributed by atoms with Crippen molar-refractivity contribution in [2.24, 2.45) is 11.7 Å². The standard InChI is InChI=1S/C28H38N2O2/c29-28-25-13-9-8-12-22(25)14-15-23-18-24(16-17-26(23)28)32-20-27(31)30-19-21-10-6-4-2-1-3-5-7-11-21/h8-9,12-13,16-18,21,28H,1-7,10-11,14-15,19-20,29H2,(H,30,31). The number of carbonyl (C=O) groups is 1. The van der Waals surface area contributed by atoms with Crippen molar-refractivity contribution < 1.29 is 9.53 Å². The van der Waals surface area contributed by atoms with Crippen LogP contribution in [-0.2, 0) is 17.6 Å². The lowest BCUT2D eigenvalue weighted by Gasteiger charge is -2.19. The van der Waals surface area contributed by atoms with Crippen molar-refractivity contribution >= 4 is 5.91 Å². The largest absolute Gasteiger partial charge is 0.484 e. The van der Waals surface area contributed by atoms with Gasteiger partial charge in [0, 0.05) is 6.54 Å². The van der Waals surface area contributed by atoms with Gasteiger partial charge in [0.05, 0.1) is 6.04 Å². The van der Waals surface area contributed by atoms with Gasteiger partial charge >= 0.3 is 0 Å². The van der Waals surface area contributed by atoms with Gasteiger partial charge in [-0.25, -0.2) is 0 Å². The third-order valence-corrected chi connectivity index (χ3v) is 7.19. The predicted molar refractivity (Wildman–Crippen MR) is 130 cm³/mol. The number of benzene rings is 2. The maximum atomic E-state index is 12.4. The van der Waals surface area contributed by atoms with E-state index in [4.69, 9.17) is 10.5 Å². The average molecular weight is 435 g/mol. The zero-order valence-corrected chi connectivity index (χ0v) is 19.3. The highest BCUT2D eigenvalue weighted by molar-refractivity contribution is 5.77. The number of amides is 1. The van der Waals surface area contributed by atoms with Crippen molar-refractivity contribution in [3.05, 3.63) is 64.7 Å². The smallest absolute Gasteiger partial charge is 0.257 e. The number of hydrogen-bond donors (Lipinski definition) is 2. The highest BCUT2D eigenvalue weighted by Gasteiger charge is 2.21. The predicted octanol–water partition coefficient (Wildman–Crippen LogP) is 5.47. The van der Waals surface area contributed by atoms with Crippen molar-refractivity contribution in [3.8, 4) is 5.75 Å². The van der Waals surface area contributed by atoms with Gasteiger partial charge in [0.15, 0.2) is 6.61 Å². The van der Waals surface area contributed by atoms with Crippen LogP contribution >= 0.6 is 0 Å². The van der Waals surface area contributed by atoms with Gasteiger partial charge in [0.25, 0.3) is 5.91 Å². The van der Waals surface area contributed by atoms with Gasteiger partial charge in [0.2, 0.25) is 0 Å². The molecule has 0 saturated heterocycles. The summed E-state index contributed by atoms with van der Waals surface area (Å²) < 4.78 is 5.86. The summed E-state index contributed by atoms with van der Waals surface area (Å²) >= 11 is 0. The molecule has 0 spiro atoms. The second-order valence-electron chi connectivity index (χ2n) is 9.55. The number of nitrogens with one attached hydrogen (secondary N) is 1. The molecule has 2 aromatic rings. The van der Waals surface area contributed by atoms with Crippen molar-refractivity contribution in [3.63, 3.8) is 0 Å². The van der Waals surface area contributed by atoms with E-state index >= 15 is 0 Å². The summed E-state index contributed by atoms with van der Waals surface area (Å²) in [5.41, 5.74) is 11.5. The Morgan fingerprint density at radius 2 is 1.53 bits per heavy atom. The van der Waals surface area contributed by atoms with Gasteiger partial charge in [-0.2, -0.15) is 0 Å². The summed E-state index contributed by atoms with van der Waals surface area (Å²) in [7, 11) is 0. The molecule has 2 aliphatic carbocycles. The Morgan fingerprint density at radius 1 is 0.875 bits per heavy atom. The lowest BCUT2D eigenvalue weighted by atomic mass is 9.92. The zero-order chi connectivity index (χ0) is 22.2. The Bertz CT molecular complexity index is 885. The molecule has 0 bridgehead atoms. The van der Waals surface area contributed by atoms with E-state index in [0.717, 1.165) is 30.7 Å². The maximum absolute atomic E-state index is 12.4. The van der Waals surface area contributed by atoms with Crippen LogP contribution in [0, 0.1) is 5.92 Å². The molecule has 4 nitrogen and oxygen atoms in total. The molecule has 4 heteroatoms. The van der Waals surface area contributed by atoms with Crippen LogP contribution in [0.15, 0.2) is 42.5 Å². The van der Waals surface area contributed by atoms with Crippen LogP contribution in [0.25, 0.3) is 0 Å². The molecule has 2 aliphatic rings. The molecular weight excluding hydrogens is 396 g/mol. The zero-order valence-electron chi connectivity index (χ0n) is 19.3. The van der Waals surface area contributed by atoms with Crippen molar-refractivity contribution in [2.75, 3.05) is 13.2 Å². The van der Waals surface area contributed by atoms with Gasteiger partial charge in [-0.1, -0.05) is 75.3 Å². The molecule has 1 unspecified atom stereocenters. The molecule has 1 atom stereocenters. The second kappa shape index (κ2) is 11.5. The lowest BCUT2D eigenvalue weighted by molar-refractivity contribution is -0.123. The van der Waals surface area contributed by atoms with E-state index in [1.165, 1.54) is 74.5 Å². The molecule has 0 aromatic heterocycles. The Morgan fingerprint density at radius 3 is 2.31 bits per heavy atom. The van der Waals surface area contributed by atoms with Gasteiger partial charge in [-0.3, -0.25) is 4.79 Å². The maximum Gasteiger partial charge on any atom is 0.257 e. The number of hydrogen-bond acceptors (Lipinski definition) is 3. The van der Waals surface area contributed by atoms with Gasteiger partial charge in [-0.15, -0.1) is 0 Å². The average Bonchev–Trinajstić information content (AvgIpc) is 2.96. The molecule has 4 rings (SSSR count). The highest BCUT2D eigenvalue weighted by Crippen LogP contribution is 2.32. The van der Waals surface area contributed by atoms with Crippen LogP contribution in [0.5, 0.6) is 5.75 Å². The van der Waals surface area contributed by atoms with Crippen molar-refractivity contribution in [2.45, 2.75) is 76.7 Å². The third kappa shape index (κ3) is 6.13. The fourth-order valence-electron chi connectivity index (χ4n) is 5.25. The van der Waals surface area contributed by atoms with E-state index in [1.54, 1.807) is 0 Å². The van der Waals surface area contributed by atoms with Crippen LogP contribution in [0.2, 0.25) is 0 Å². The number of ether oxygens (including phenoxy) is 1. The minimum absolute atomic E-state index is 0.0267. The second-order valence-corrected chi connectivity index (χ2v) is 9.55. The number of rotatable bonds is 5. The summed E-state index contributed by atoms with van der Waals surface area (Å²) in [5, 5.41) is 3.11.